The zero-order valence-electron chi connectivity index (χ0n) is 22.4. The quantitative estimate of drug-likeness (QED) is 0.468. The Morgan fingerprint density at radius 1 is 1.12 bits per heavy atom. The van der Waals surface area contributed by atoms with Crippen molar-refractivity contribution in [3.8, 4) is 11.4 Å². The van der Waals surface area contributed by atoms with E-state index in [9.17, 15) is 27.9 Å². The highest BCUT2D eigenvalue weighted by atomic mass is 19.4. The van der Waals surface area contributed by atoms with Crippen molar-refractivity contribution in [1.29, 1.82) is 0 Å². The number of aromatic nitrogens is 3. The topological polar surface area (TPSA) is 91.6 Å². The molecular weight excluding hydrogens is 523 g/mol. The van der Waals surface area contributed by atoms with Gasteiger partial charge in [-0.25, -0.2) is 9.67 Å². The molecule has 0 spiro atoms. The number of alkyl halides is 3. The second kappa shape index (κ2) is 10.1. The zero-order chi connectivity index (χ0) is 28.9. The van der Waals surface area contributed by atoms with E-state index in [-0.39, 0.29) is 18.0 Å². The summed E-state index contributed by atoms with van der Waals surface area (Å²) in [6.07, 6.45) is -1.90. The SMILES string of the molecule is C=CC(=O)N1CCc2nn(-c3ccc(C(C)C)cc3)c3c2C(C1C)N(C(=O)c1cnc(C(F)(F)F)c(O)c1)CC3. The minimum Gasteiger partial charge on any atom is -0.506 e. The second-order valence-electron chi connectivity index (χ2n) is 10.5. The molecule has 3 aromatic rings. The van der Waals surface area contributed by atoms with Crippen LogP contribution in [0.25, 0.3) is 5.69 Å². The molecule has 2 aliphatic heterocycles. The minimum absolute atomic E-state index is 0.176. The predicted octanol–water partition coefficient (Wildman–Crippen LogP) is 4.81. The lowest BCUT2D eigenvalue weighted by Crippen LogP contribution is -2.50. The third kappa shape index (κ3) is 4.63. The standard InChI is InChI=1S/C29H30F3N5O3/c1-5-24(39)35-12-10-21-25-22(37(34-21)20-8-6-18(7-9-20)16(2)3)11-13-36(26(25)17(35)4)28(40)19-14-23(38)27(33-15-19)29(30,31)32/h5-9,14-17,26,38H,1,10-13H2,2-4H3. The third-order valence-electron chi connectivity index (χ3n) is 7.76. The number of pyridine rings is 1. The molecule has 4 heterocycles. The van der Waals surface area contributed by atoms with Crippen molar-refractivity contribution in [1.82, 2.24) is 24.6 Å². The summed E-state index contributed by atoms with van der Waals surface area (Å²) in [6.45, 7) is 10.3. The lowest BCUT2D eigenvalue weighted by atomic mass is 9.90. The largest absolute Gasteiger partial charge is 0.506 e. The van der Waals surface area contributed by atoms with E-state index in [0.717, 1.165) is 34.9 Å². The third-order valence-corrected chi connectivity index (χ3v) is 7.76. The number of hydrogen-bond acceptors (Lipinski definition) is 5. The number of nitrogens with zero attached hydrogens (tertiary/aromatic N) is 5. The highest BCUT2D eigenvalue weighted by Crippen LogP contribution is 2.41. The molecule has 1 N–H and O–H groups in total. The van der Waals surface area contributed by atoms with Gasteiger partial charge in [0, 0.05) is 37.7 Å². The van der Waals surface area contributed by atoms with Crippen LogP contribution in [0.1, 0.15) is 71.3 Å². The number of aromatic hydroxyl groups is 1. The Morgan fingerprint density at radius 2 is 1.80 bits per heavy atom. The van der Waals surface area contributed by atoms with Gasteiger partial charge in [0.2, 0.25) is 5.91 Å². The van der Waals surface area contributed by atoms with Crippen molar-refractivity contribution in [2.75, 3.05) is 13.1 Å². The van der Waals surface area contributed by atoms with Gasteiger partial charge in [0.25, 0.3) is 5.91 Å². The van der Waals surface area contributed by atoms with Crippen molar-refractivity contribution in [3.05, 3.63) is 83.0 Å². The van der Waals surface area contributed by atoms with E-state index >= 15 is 0 Å². The van der Waals surface area contributed by atoms with Crippen molar-refractivity contribution in [2.45, 2.75) is 57.8 Å². The minimum atomic E-state index is -4.86. The first-order valence-corrected chi connectivity index (χ1v) is 13.1. The van der Waals surface area contributed by atoms with Gasteiger partial charge in [-0.05, 0) is 42.7 Å². The molecule has 0 aliphatic carbocycles. The summed E-state index contributed by atoms with van der Waals surface area (Å²) in [5.41, 5.74) is 2.96. The van der Waals surface area contributed by atoms with E-state index in [2.05, 4.69) is 37.5 Å². The zero-order valence-corrected chi connectivity index (χ0v) is 22.4. The van der Waals surface area contributed by atoms with E-state index in [1.54, 1.807) is 9.80 Å². The number of halogens is 3. The van der Waals surface area contributed by atoms with Crippen LogP contribution < -0.4 is 0 Å². The number of benzene rings is 1. The number of amides is 2. The number of hydrogen-bond donors (Lipinski definition) is 1. The summed E-state index contributed by atoms with van der Waals surface area (Å²) < 4.78 is 41.3. The Labute approximate surface area is 229 Å². The van der Waals surface area contributed by atoms with Gasteiger partial charge in [-0.1, -0.05) is 32.6 Å². The first-order valence-electron chi connectivity index (χ1n) is 13.1. The molecule has 210 valence electrons. The molecule has 1 aromatic carbocycles. The van der Waals surface area contributed by atoms with Gasteiger partial charge in [-0.15, -0.1) is 0 Å². The summed E-state index contributed by atoms with van der Waals surface area (Å²) in [5, 5.41) is 14.9. The fraction of sp³-hybridized carbons (Fsp3) is 0.379. The first kappa shape index (κ1) is 27.4. The molecule has 2 unspecified atom stereocenters. The second-order valence-corrected chi connectivity index (χ2v) is 10.5. The summed E-state index contributed by atoms with van der Waals surface area (Å²) >= 11 is 0. The van der Waals surface area contributed by atoms with E-state index in [1.165, 1.54) is 11.6 Å². The normalized spacial score (nSPS) is 18.9. The molecule has 0 saturated carbocycles. The van der Waals surface area contributed by atoms with Gasteiger partial charge in [0.05, 0.1) is 34.7 Å². The molecular formula is C29H30F3N5O3. The van der Waals surface area contributed by atoms with E-state index < -0.39 is 35.6 Å². The van der Waals surface area contributed by atoms with Crippen LogP contribution in [-0.4, -0.2) is 60.6 Å². The lowest BCUT2D eigenvalue weighted by molar-refractivity contribution is -0.142. The highest BCUT2D eigenvalue weighted by Gasteiger charge is 2.44. The van der Waals surface area contributed by atoms with Crippen molar-refractivity contribution < 1.29 is 27.9 Å². The average molecular weight is 554 g/mol. The van der Waals surface area contributed by atoms with Gasteiger partial charge >= 0.3 is 6.18 Å². The lowest BCUT2D eigenvalue weighted by Gasteiger charge is -2.42. The van der Waals surface area contributed by atoms with Crippen LogP contribution in [0.3, 0.4) is 0 Å². The van der Waals surface area contributed by atoms with Gasteiger partial charge in [0.1, 0.15) is 5.75 Å². The van der Waals surface area contributed by atoms with Crippen LogP contribution in [0.5, 0.6) is 5.75 Å². The smallest absolute Gasteiger partial charge is 0.437 e. The average Bonchev–Trinajstić information content (AvgIpc) is 3.22. The fourth-order valence-electron chi connectivity index (χ4n) is 5.73. The molecule has 0 radical (unpaired) electrons. The number of carbonyl (C=O) groups excluding carboxylic acids is 2. The molecule has 0 fully saturated rings. The Morgan fingerprint density at radius 3 is 2.40 bits per heavy atom. The molecule has 11 heteroatoms. The summed E-state index contributed by atoms with van der Waals surface area (Å²) in [7, 11) is 0. The molecule has 2 atom stereocenters. The number of carbonyl (C=O) groups is 2. The van der Waals surface area contributed by atoms with Gasteiger partial charge < -0.3 is 14.9 Å². The molecule has 2 aliphatic rings. The van der Waals surface area contributed by atoms with Crippen molar-refractivity contribution in [2.24, 2.45) is 0 Å². The Kier molecular flexibility index (Phi) is 6.93. The Hall–Kier alpha value is -4.15. The van der Waals surface area contributed by atoms with E-state index in [0.29, 0.717) is 25.3 Å². The van der Waals surface area contributed by atoms with Gasteiger partial charge in [-0.2, -0.15) is 18.3 Å². The van der Waals surface area contributed by atoms with Crippen LogP contribution in [0.15, 0.2) is 49.2 Å². The molecule has 0 saturated heterocycles. The maximum Gasteiger partial charge on any atom is 0.437 e. The van der Waals surface area contributed by atoms with Crippen LogP contribution in [0.2, 0.25) is 0 Å². The van der Waals surface area contributed by atoms with E-state index in [1.807, 2.05) is 23.7 Å². The molecule has 0 bridgehead atoms. The Bertz CT molecular complexity index is 1480. The monoisotopic (exact) mass is 553 g/mol. The van der Waals surface area contributed by atoms with Crippen molar-refractivity contribution >= 4 is 11.8 Å². The molecule has 40 heavy (non-hydrogen) atoms. The summed E-state index contributed by atoms with van der Waals surface area (Å²) in [5.74, 6) is -1.62. The Balaban J connectivity index is 1.59. The molecule has 5 rings (SSSR count). The molecule has 2 aromatic heterocycles. The summed E-state index contributed by atoms with van der Waals surface area (Å²) in [6, 6.07) is 7.84. The highest BCUT2D eigenvalue weighted by molar-refractivity contribution is 5.95. The van der Waals surface area contributed by atoms with Crippen LogP contribution in [0, 0.1) is 0 Å². The first-order chi connectivity index (χ1) is 18.9. The van der Waals surface area contributed by atoms with Gasteiger partial charge in [0.15, 0.2) is 5.69 Å². The van der Waals surface area contributed by atoms with E-state index in [4.69, 9.17) is 5.10 Å². The maximum absolute atomic E-state index is 13.8. The van der Waals surface area contributed by atoms with Crippen LogP contribution >= 0.6 is 0 Å². The number of rotatable bonds is 4. The van der Waals surface area contributed by atoms with Gasteiger partial charge in [-0.3, -0.25) is 9.59 Å². The molecule has 8 nitrogen and oxygen atoms in total. The predicted molar refractivity (Wildman–Crippen MR) is 141 cm³/mol. The van der Waals surface area contributed by atoms with Crippen LogP contribution in [0.4, 0.5) is 13.2 Å². The molecule has 2 amide bonds. The van der Waals surface area contributed by atoms with Crippen LogP contribution in [-0.2, 0) is 23.8 Å². The summed E-state index contributed by atoms with van der Waals surface area (Å²) in [4.78, 5) is 33.1. The maximum atomic E-state index is 13.8. The van der Waals surface area contributed by atoms with Crippen molar-refractivity contribution in [3.63, 3.8) is 0 Å². The fourth-order valence-corrected chi connectivity index (χ4v) is 5.73.